The van der Waals surface area contributed by atoms with Gasteiger partial charge in [0.1, 0.15) is 0 Å². The topological polar surface area (TPSA) is 74.6 Å². The van der Waals surface area contributed by atoms with Crippen LogP contribution in [0.15, 0.2) is 0 Å². The van der Waals surface area contributed by atoms with E-state index in [1.54, 1.807) is 0 Å². The number of hydrogen-bond acceptors (Lipinski definition) is 2. The Balaban J connectivity index is -0.0000000133. The van der Waals surface area contributed by atoms with E-state index in [-0.39, 0.29) is 103 Å². The second-order valence-corrected chi connectivity index (χ2v) is 1.34. The third kappa shape index (κ3) is 116. The molecule has 0 unspecified atom stereocenters. The van der Waals surface area contributed by atoms with Gasteiger partial charge in [-0.3, -0.25) is 18.5 Å². The van der Waals surface area contributed by atoms with Crippen molar-refractivity contribution in [1.82, 2.24) is 0 Å². The van der Waals surface area contributed by atoms with Gasteiger partial charge in [-0.1, -0.05) is 0 Å². The van der Waals surface area contributed by atoms with E-state index in [9.17, 15) is 0 Å². The molecule has 0 aromatic heterocycles. The summed E-state index contributed by atoms with van der Waals surface area (Å²) in [6, 6.07) is 0. The van der Waals surface area contributed by atoms with E-state index >= 15 is 0 Å². The quantitative estimate of drug-likeness (QED) is 0.361. The van der Waals surface area contributed by atoms with E-state index in [0.717, 1.165) is 0 Å². The van der Waals surface area contributed by atoms with Crippen molar-refractivity contribution in [3.05, 3.63) is 0 Å². The first kappa shape index (κ1) is 29.9. The zero-order chi connectivity index (χ0) is 4.50. The van der Waals surface area contributed by atoms with Crippen LogP contribution >= 0.6 is 0 Å². The molecule has 0 fully saturated rings. The van der Waals surface area contributed by atoms with Crippen molar-refractivity contribution in [3.8, 4) is 0 Å². The van der Waals surface area contributed by atoms with Gasteiger partial charge in [-0.2, -0.15) is 8.42 Å². The fourth-order valence-electron chi connectivity index (χ4n) is 0. The SMILES string of the molecule is F.F.O=S(=O)(O)O.[CsH].[SbH3]. The maximum absolute atomic E-state index is 8.74. The molecular weight excluding hydrogens is 389 g/mol. The van der Waals surface area contributed by atoms with Crippen molar-refractivity contribution in [2.75, 3.05) is 0 Å². The molecule has 0 rings (SSSR count). The van der Waals surface area contributed by atoms with E-state index in [0.29, 0.717) is 0 Å². The molecular formula is H8CsF2O4SSb. The molecule has 0 aliphatic carbocycles. The Morgan fingerprint density at radius 2 is 1.00 bits per heavy atom. The van der Waals surface area contributed by atoms with E-state index in [4.69, 9.17) is 17.5 Å². The first-order chi connectivity index (χ1) is 2.00. The number of halogens is 2. The summed E-state index contributed by atoms with van der Waals surface area (Å²) in [6.07, 6.45) is 0. The Bertz CT molecular complexity index is 102. The van der Waals surface area contributed by atoms with Crippen LogP contribution in [0, 0.1) is 0 Å². The molecule has 9 heteroatoms. The van der Waals surface area contributed by atoms with Gasteiger partial charge < -0.3 is 0 Å². The van der Waals surface area contributed by atoms with Gasteiger partial charge in [-0.25, -0.2) is 0 Å². The van der Waals surface area contributed by atoms with Crippen LogP contribution in [0.25, 0.3) is 0 Å². The van der Waals surface area contributed by atoms with E-state index in [2.05, 4.69) is 0 Å². The van der Waals surface area contributed by atoms with Gasteiger partial charge in [0.05, 0.1) is 0 Å². The van der Waals surface area contributed by atoms with Crippen LogP contribution in [0.3, 0.4) is 0 Å². The zero-order valence-corrected chi connectivity index (χ0v) is 8.50. The summed E-state index contributed by atoms with van der Waals surface area (Å²) in [4.78, 5) is 0. The van der Waals surface area contributed by atoms with Crippen LogP contribution in [-0.2, 0) is 10.4 Å². The van der Waals surface area contributed by atoms with Gasteiger partial charge in [0.2, 0.25) is 0 Å². The maximum atomic E-state index is 8.74. The van der Waals surface area contributed by atoms with Crippen molar-refractivity contribution in [1.29, 1.82) is 0 Å². The fourth-order valence-corrected chi connectivity index (χ4v) is 0. The molecule has 0 aromatic rings. The van der Waals surface area contributed by atoms with Crippen molar-refractivity contribution >= 4 is 104 Å². The molecule has 0 atom stereocenters. The standard InChI is InChI=1S/Cs.2FH.H2O4S.Sb.4H/c;;;1-5(2,3)4;;;;;/h;2*1H;(H2,1,2,3,4);;;;;. The molecule has 0 heterocycles. The molecule has 0 aliphatic rings. The average molecular weight is 397 g/mol. The summed E-state index contributed by atoms with van der Waals surface area (Å²) in [6.45, 7) is 0. The molecule has 0 saturated carbocycles. The second kappa shape index (κ2) is 13.2. The van der Waals surface area contributed by atoms with Gasteiger partial charge in [0, 0.05) is 0 Å². The monoisotopic (exact) mass is 396 g/mol. The Morgan fingerprint density at radius 1 is 1.00 bits per heavy atom. The van der Waals surface area contributed by atoms with Crippen LogP contribution in [-0.4, -0.2) is 111 Å². The van der Waals surface area contributed by atoms with Gasteiger partial charge >= 0.3 is 104 Å². The third-order valence-electron chi connectivity index (χ3n) is 0. The molecule has 0 spiro atoms. The summed E-state index contributed by atoms with van der Waals surface area (Å²) in [5.74, 6) is 0. The molecule has 0 saturated heterocycles. The molecule has 9 heavy (non-hydrogen) atoms. The van der Waals surface area contributed by atoms with Gasteiger partial charge in [-0.05, 0) is 0 Å². The van der Waals surface area contributed by atoms with Crippen LogP contribution in [0.5, 0.6) is 0 Å². The molecule has 0 bridgehead atoms. The van der Waals surface area contributed by atoms with E-state index < -0.39 is 10.4 Å². The normalized spacial score (nSPS) is 6.44. The Morgan fingerprint density at radius 3 is 1.00 bits per heavy atom. The van der Waals surface area contributed by atoms with Crippen molar-refractivity contribution in [3.63, 3.8) is 0 Å². The van der Waals surface area contributed by atoms with Crippen molar-refractivity contribution in [2.24, 2.45) is 0 Å². The van der Waals surface area contributed by atoms with Crippen LogP contribution in [0.4, 0.5) is 9.41 Å². The first-order valence-electron chi connectivity index (χ1n) is 0.698. The number of hydrogen-bond donors (Lipinski definition) is 2. The van der Waals surface area contributed by atoms with Gasteiger partial charge in [0.25, 0.3) is 0 Å². The minimum atomic E-state index is -4.67. The first-order valence-corrected chi connectivity index (χ1v) is 2.10. The zero-order valence-electron chi connectivity index (χ0n) is 3.64. The Labute approximate surface area is 127 Å². The molecule has 2 N–H and O–H groups in total. The molecule has 0 aromatic carbocycles. The molecule has 58 valence electrons. The Kier molecular flexibility index (Phi) is 43.9. The van der Waals surface area contributed by atoms with Gasteiger partial charge in [-0.15, -0.1) is 0 Å². The summed E-state index contributed by atoms with van der Waals surface area (Å²) in [7, 11) is -4.67. The summed E-state index contributed by atoms with van der Waals surface area (Å²) < 4.78 is 31.6. The predicted molar refractivity (Wildman–Crippen MR) is 36.3 cm³/mol. The summed E-state index contributed by atoms with van der Waals surface area (Å²) >= 11 is 0. The minimum absolute atomic E-state index is 0. The number of rotatable bonds is 0. The second-order valence-electron chi connectivity index (χ2n) is 0.448. The summed E-state index contributed by atoms with van der Waals surface area (Å²) in [5.41, 5.74) is 0. The molecule has 0 radical (unpaired) electrons. The van der Waals surface area contributed by atoms with E-state index in [1.807, 2.05) is 0 Å². The van der Waals surface area contributed by atoms with Crippen LogP contribution in [0.1, 0.15) is 0 Å². The summed E-state index contributed by atoms with van der Waals surface area (Å²) in [5, 5.41) is 0. The fraction of sp³-hybridized carbons (Fsp3) is 0. The van der Waals surface area contributed by atoms with Crippen LogP contribution in [0.2, 0.25) is 0 Å². The van der Waals surface area contributed by atoms with Crippen molar-refractivity contribution < 1.29 is 26.9 Å². The molecule has 0 amide bonds. The van der Waals surface area contributed by atoms with Crippen LogP contribution < -0.4 is 0 Å². The van der Waals surface area contributed by atoms with Gasteiger partial charge in [0.15, 0.2) is 0 Å². The molecule has 0 aliphatic heterocycles. The Hall–Kier alpha value is 2.60. The van der Waals surface area contributed by atoms with E-state index in [1.165, 1.54) is 0 Å². The van der Waals surface area contributed by atoms with Crippen molar-refractivity contribution in [2.45, 2.75) is 0 Å². The predicted octanol–water partition coefficient (Wildman–Crippen LogP) is -2.18. The third-order valence-corrected chi connectivity index (χ3v) is 0. The average Bonchev–Trinajstić information content (AvgIpc) is 0.722. The molecule has 4 nitrogen and oxygen atoms in total.